The molecule has 0 aromatic heterocycles. The molecule has 1 nitrogen and oxygen atoms in total. The lowest BCUT2D eigenvalue weighted by Crippen LogP contribution is -2.33. The molecule has 0 amide bonds. The summed E-state index contributed by atoms with van der Waals surface area (Å²) in [6.45, 7) is 13.6. The Morgan fingerprint density at radius 2 is 1.62 bits per heavy atom. The first-order valence-electron chi connectivity index (χ1n) is 8.69. The van der Waals surface area contributed by atoms with Crippen molar-refractivity contribution in [3.63, 3.8) is 0 Å². The second kappa shape index (κ2) is 6.96. The summed E-state index contributed by atoms with van der Waals surface area (Å²) in [5.41, 5.74) is 6.28. The fourth-order valence-electron chi connectivity index (χ4n) is 4.12. The fraction of sp³-hybridized carbons (Fsp3) is 0.700. The average Bonchev–Trinajstić information content (AvgIpc) is 2.83. The van der Waals surface area contributed by atoms with Gasteiger partial charge >= 0.3 is 0 Å². The minimum atomic E-state index is 0.571. The molecule has 0 aliphatic heterocycles. The third-order valence-corrected chi connectivity index (χ3v) is 5.27. The molecular weight excluding hydrogens is 254 g/mol. The molecule has 1 N–H and O–H groups in total. The van der Waals surface area contributed by atoms with Gasteiger partial charge in [0.05, 0.1) is 0 Å². The monoisotopic (exact) mass is 287 g/mol. The number of benzene rings is 1. The number of aryl methyl sites for hydroxylation is 3. The zero-order chi connectivity index (χ0) is 15.5. The van der Waals surface area contributed by atoms with Crippen molar-refractivity contribution in [3.8, 4) is 0 Å². The van der Waals surface area contributed by atoms with Crippen molar-refractivity contribution in [2.45, 2.75) is 73.3 Å². The van der Waals surface area contributed by atoms with Crippen LogP contribution in [0.15, 0.2) is 12.1 Å². The van der Waals surface area contributed by atoms with E-state index >= 15 is 0 Å². The predicted molar refractivity (Wildman–Crippen MR) is 92.7 cm³/mol. The molecule has 1 fully saturated rings. The highest BCUT2D eigenvalue weighted by molar-refractivity contribution is 5.36. The lowest BCUT2D eigenvalue weighted by Gasteiger charge is -2.31. The summed E-state index contributed by atoms with van der Waals surface area (Å²) in [6, 6.07) is 4.69. The molecule has 1 aliphatic carbocycles. The van der Waals surface area contributed by atoms with Crippen LogP contribution in [0, 0.1) is 32.1 Å². The molecule has 0 unspecified atom stereocenters. The van der Waals surface area contributed by atoms with E-state index in [2.05, 4.69) is 52.1 Å². The lowest BCUT2D eigenvalue weighted by atomic mass is 9.78. The van der Waals surface area contributed by atoms with Crippen LogP contribution < -0.4 is 5.32 Å². The van der Waals surface area contributed by atoms with E-state index in [1.54, 1.807) is 0 Å². The normalized spacial score (nSPS) is 17.6. The Morgan fingerprint density at radius 1 is 1.00 bits per heavy atom. The highest BCUT2D eigenvalue weighted by Crippen LogP contribution is 2.42. The summed E-state index contributed by atoms with van der Waals surface area (Å²) in [5.74, 6) is 0.813. The van der Waals surface area contributed by atoms with Gasteiger partial charge < -0.3 is 5.32 Å². The summed E-state index contributed by atoms with van der Waals surface area (Å²) in [5, 5.41) is 3.78. The fourth-order valence-corrected chi connectivity index (χ4v) is 4.12. The van der Waals surface area contributed by atoms with E-state index in [-0.39, 0.29) is 0 Å². The van der Waals surface area contributed by atoms with E-state index in [1.165, 1.54) is 60.9 Å². The van der Waals surface area contributed by atoms with Crippen molar-refractivity contribution >= 4 is 0 Å². The van der Waals surface area contributed by atoms with E-state index in [9.17, 15) is 0 Å². The van der Waals surface area contributed by atoms with Gasteiger partial charge in [-0.05, 0) is 73.6 Å². The SMILES string of the molecule is Cc1cc(C)c(CNCC2(CC(C)C)CCCC2)cc1C. The van der Waals surface area contributed by atoms with Gasteiger partial charge in [0.15, 0.2) is 0 Å². The molecule has 1 heteroatoms. The second-order valence-corrected chi connectivity index (χ2v) is 7.77. The van der Waals surface area contributed by atoms with Gasteiger partial charge in [0.2, 0.25) is 0 Å². The van der Waals surface area contributed by atoms with E-state index < -0.39 is 0 Å². The lowest BCUT2D eigenvalue weighted by molar-refractivity contribution is 0.223. The standard InChI is InChI=1S/C20H33N/c1-15(2)12-20(8-6-7-9-20)14-21-13-19-11-17(4)16(3)10-18(19)5/h10-11,15,21H,6-9,12-14H2,1-5H3. The predicted octanol–water partition coefficient (Wildman–Crippen LogP) is 5.31. The molecule has 1 aromatic carbocycles. The first kappa shape index (κ1) is 16.5. The van der Waals surface area contributed by atoms with E-state index in [0.717, 1.165) is 12.5 Å². The van der Waals surface area contributed by atoms with Crippen LogP contribution in [-0.2, 0) is 6.54 Å². The zero-order valence-corrected chi connectivity index (χ0v) is 14.7. The topological polar surface area (TPSA) is 12.0 Å². The molecule has 2 rings (SSSR count). The van der Waals surface area contributed by atoms with E-state index in [4.69, 9.17) is 0 Å². The summed E-state index contributed by atoms with van der Waals surface area (Å²) in [4.78, 5) is 0. The van der Waals surface area contributed by atoms with Crippen LogP contribution in [0.1, 0.15) is 68.2 Å². The molecule has 0 spiro atoms. The van der Waals surface area contributed by atoms with Crippen LogP contribution in [0.4, 0.5) is 0 Å². The molecule has 1 aliphatic rings. The number of hydrogen-bond donors (Lipinski definition) is 1. The molecule has 118 valence electrons. The number of rotatable bonds is 6. The largest absolute Gasteiger partial charge is 0.312 e. The van der Waals surface area contributed by atoms with E-state index in [1.807, 2.05) is 0 Å². The highest BCUT2D eigenvalue weighted by Gasteiger charge is 2.33. The number of hydrogen-bond acceptors (Lipinski definition) is 1. The highest BCUT2D eigenvalue weighted by atomic mass is 14.9. The summed E-state index contributed by atoms with van der Waals surface area (Å²) >= 11 is 0. The zero-order valence-electron chi connectivity index (χ0n) is 14.7. The first-order valence-corrected chi connectivity index (χ1v) is 8.69. The molecule has 0 radical (unpaired) electrons. The van der Waals surface area contributed by atoms with Gasteiger partial charge in [0.1, 0.15) is 0 Å². The van der Waals surface area contributed by atoms with Crippen molar-refractivity contribution in [1.29, 1.82) is 0 Å². The van der Waals surface area contributed by atoms with Gasteiger partial charge in [-0.3, -0.25) is 0 Å². The molecule has 0 saturated heterocycles. The smallest absolute Gasteiger partial charge is 0.0208 e. The van der Waals surface area contributed by atoms with Crippen LogP contribution >= 0.6 is 0 Å². The summed E-state index contributed by atoms with van der Waals surface area (Å²) in [6.07, 6.45) is 7.08. The van der Waals surface area contributed by atoms with Crippen molar-refractivity contribution in [2.75, 3.05) is 6.54 Å². The Kier molecular flexibility index (Phi) is 5.48. The molecule has 0 atom stereocenters. The Hall–Kier alpha value is -0.820. The van der Waals surface area contributed by atoms with E-state index in [0.29, 0.717) is 5.41 Å². The maximum absolute atomic E-state index is 3.78. The van der Waals surface area contributed by atoms with Gasteiger partial charge in [-0.2, -0.15) is 0 Å². The number of nitrogens with one attached hydrogen (secondary N) is 1. The van der Waals surface area contributed by atoms with Crippen LogP contribution in [0.25, 0.3) is 0 Å². The molecule has 1 aromatic rings. The first-order chi connectivity index (χ1) is 9.92. The van der Waals surface area contributed by atoms with Crippen molar-refractivity contribution in [2.24, 2.45) is 11.3 Å². The Balaban J connectivity index is 1.95. The maximum atomic E-state index is 3.78. The average molecular weight is 287 g/mol. The summed E-state index contributed by atoms with van der Waals surface area (Å²) < 4.78 is 0. The van der Waals surface area contributed by atoms with Crippen LogP contribution in [0.2, 0.25) is 0 Å². The van der Waals surface area contributed by atoms with Gasteiger partial charge in [0, 0.05) is 13.1 Å². The minimum Gasteiger partial charge on any atom is -0.312 e. The quantitative estimate of drug-likeness (QED) is 0.748. The van der Waals surface area contributed by atoms with Crippen molar-refractivity contribution < 1.29 is 0 Å². The Morgan fingerprint density at radius 3 is 2.24 bits per heavy atom. The molecule has 21 heavy (non-hydrogen) atoms. The summed E-state index contributed by atoms with van der Waals surface area (Å²) in [7, 11) is 0. The molecule has 1 saturated carbocycles. The van der Waals surface area contributed by atoms with Gasteiger partial charge in [-0.1, -0.05) is 38.8 Å². The third-order valence-electron chi connectivity index (χ3n) is 5.27. The van der Waals surface area contributed by atoms with Crippen LogP contribution in [0.3, 0.4) is 0 Å². The van der Waals surface area contributed by atoms with Gasteiger partial charge in [-0.25, -0.2) is 0 Å². The third kappa shape index (κ3) is 4.32. The molecular formula is C20H33N. The Labute approximate surface area is 131 Å². The van der Waals surface area contributed by atoms with Crippen LogP contribution in [0.5, 0.6) is 0 Å². The maximum Gasteiger partial charge on any atom is 0.0208 e. The van der Waals surface area contributed by atoms with Crippen molar-refractivity contribution in [1.82, 2.24) is 5.32 Å². The van der Waals surface area contributed by atoms with Crippen LogP contribution in [-0.4, -0.2) is 6.54 Å². The molecule has 0 heterocycles. The van der Waals surface area contributed by atoms with Gasteiger partial charge in [0.25, 0.3) is 0 Å². The van der Waals surface area contributed by atoms with Crippen molar-refractivity contribution in [3.05, 3.63) is 34.4 Å². The molecule has 0 bridgehead atoms. The second-order valence-electron chi connectivity index (χ2n) is 7.77. The Bertz CT molecular complexity index is 467. The van der Waals surface area contributed by atoms with Gasteiger partial charge in [-0.15, -0.1) is 0 Å². The minimum absolute atomic E-state index is 0.571.